The number of nitrogens with zero attached hydrogens (tertiary/aromatic N) is 2. The minimum Gasteiger partial charge on any atom is -0.382 e. The summed E-state index contributed by atoms with van der Waals surface area (Å²) in [6.07, 6.45) is 2.03. The molecule has 2 N–H and O–H groups in total. The monoisotopic (exact) mass is 287 g/mol. The van der Waals surface area contributed by atoms with Gasteiger partial charge in [0.25, 0.3) is 0 Å². The molecule has 0 aliphatic carbocycles. The average Bonchev–Trinajstić information content (AvgIpc) is 2.78. The average molecular weight is 287 g/mol. The van der Waals surface area contributed by atoms with Crippen molar-refractivity contribution >= 4 is 17.8 Å². The Morgan fingerprint density at radius 3 is 2.76 bits per heavy atom. The molecule has 0 saturated heterocycles. The van der Waals surface area contributed by atoms with Crippen LogP contribution in [0.4, 0.5) is 14.6 Å². The van der Waals surface area contributed by atoms with Gasteiger partial charge in [-0.15, -0.1) is 0 Å². The summed E-state index contributed by atoms with van der Waals surface area (Å²) in [4.78, 5) is 14.9. The topological polar surface area (TPSA) is 60.4 Å². The summed E-state index contributed by atoms with van der Waals surface area (Å²) in [5.41, 5.74) is 7.00. The van der Waals surface area contributed by atoms with Gasteiger partial charge in [0.15, 0.2) is 23.6 Å². The number of hydrogen-bond acceptors (Lipinski definition) is 3. The molecule has 1 aromatic carbocycles. The zero-order valence-electron chi connectivity index (χ0n) is 11.1. The zero-order chi connectivity index (χ0) is 15.1. The molecule has 6 heteroatoms. The summed E-state index contributed by atoms with van der Waals surface area (Å²) in [5.74, 6) is -1.05. The van der Waals surface area contributed by atoms with E-state index in [1.807, 2.05) is 0 Å². The first-order valence-corrected chi connectivity index (χ1v) is 6.20. The van der Waals surface area contributed by atoms with Crippen LogP contribution < -0.4 is 5.73 Å². The van der Waals surface area contributed by atoms with Gasteiger partial charge in [0.1, 0.15) is 11.5 Å². The third-order valence-corrected chi connectivity index (χ3v) is 3.43. The third-order valence-electron chi connectivity index (χ3n) is 3.43. The molecule has 4 nitrogen and oxygen atoms in total. The number of imidazole rings is 1. The number of fused-ring (bicyclic) bond motifs is 1. The van der Waals surface area contributed by atoms with Gasteiger partial charge in [0, 0.05) is 11.8 Å². The molecule has 0 bridgehead atoms. The number of halogens is 2. The molecule has 0 fully saturated rings. The molecule has 0 spiro atoms. The van der Waals surface area contributed by atoms with Gasteiger partial charge in [-0.3, -0.25) is 9.20 Å². The quantitative estimate of drug-likeness (QED) is 0.737. The Labute approximate surface area is 118 Å². The second-order valence-electron chi connectivity index (χ2n) is 4.68. The van der Waals surface area contributed by atoms with E-state index < -0.39 is 5.82 Å². The van der Waals surface area contributed by atoms with Gasteiger partial charge in [0.2, 0.25) is 0 Å². The van der Waals surface area contributed by atoms with E-state index >= 15 is 0 Å². The Hall–Kier alpha value is -2.76. The van der Waals surface area contributed by atoms with Crippen molar-refractivity contribution in [2.75, 3.05) is 5.73 Å². The minimum absolute atomic E-state index is 0.0348. The summed E-state index contributed by atoms with van der Waals surface area (Å²) >= 11 is 0. The van der Waals surface area contributed by atoms with Gasteiger partial charge >= 0.3 is 0 Å². The van der Waals surface area contributed by atoms with Gasteiger partial charge in [0.05, 0.1) is 0 Å². The van der Waals surface area contributed by atoms with Crippen LogP contribution in [-0.4, -0.2) is 15.7 Å². The highest BCUT2D eigenvalue weighted by Crippen LogP contribution is 2.28. The number of nitrogen functional groups attached to an aromatic ring is 1. The Balaban J connectivity index is 2.34. The summed E-state index contributed by atoms with van der Waals surface area (Å²) in [5, 5.41) is 0. The number of aldehydes is 1. The Morgan fingerprint density at radius 1 is 1.29 bits per heavy atom. The lowest BCUT2D eigenvalue weighted by atomic mass is 10.0. The number of pyridine rings is 1. The fraction of sp³-hybridized carbons (Fsp3) is 0.0667. The smallest absolute Gasteiger partial charge is 0.176 e. The van der Waals surface area contributed by atoms with Crippen molar-refractivity contribution in [3.8, 4) is 11.1 Å². The van der Waals surface area contributed by atoms with E-state index in [2.05, 4.69) is 4.98 Å². The molecule has 3 rings (SSSR count). The van der Waals surface area contributed by atoms with Crippen LogP contribution in [0.5, 0.6) is 0 Å². The Bertz CT molecular complexity index is 871. The van der Waals surface area contributed by atoms with Crippen LogP contribution in [0, 0.1) is 18.6 Å². The summed E-state index contributed by atoms with van der Waals surface area (Å²) in [7, 11) is 0. The van der Waals surface area contributed by atoms with Crippen LogP contribution in [0.2, 0.25) is 0 Å². The van der Waals surface area contributed by atoms with E-state index in [1.165, 1.54) is 22.7 Å². The molecule has 3 aromatic rings. The van der Waals surface area contributed by atoms with Crippen LogP contribution in [0.1, 0.15) is 16.1 Å². The predicted octanol–water partition coefficient (Wildman–Crippen LogP) is 2.98. The lowest BCUT2D eigenvalue weighted by molar-refractivity contribution is 0.111. The first-order chi connectivity index (χ1) is 10.0. The van der Waals surface area contributed by atoms with E-state index in [1.54, 1.807) is 19.1 Å². The molecule has 0 amide bonds. The van der Waals surface area contributed by atoms with E-state index in [9.17, 15) is 13.6 Å². The lowest BCUT2D eigenvalue weighted by Gasteiger charge is -2.08. The highest BCUT2D eigenvalue weighted by molar-refractivity contribution is 5.83. The molecule has 0 radical (unpaired) electrons. The number of aromatic nitrogens is 2. The summed E-state index contributed by atoms with van der Waals surface area (Å²) < 4.78 is 29.1. The van der Waals surface area contributed by atoms with Gasteiger partial charge in [-0.1, -0.05) is 12.1 Å². The van der Waals surface area contributed by atoms with Gasteiger partial charge in [-0.05, 0) is 30.2 Å². The SMILES string of the molecule is Cc1c(F)cccc1-c1cc(F)c2nc(N)c(C=O)n2c1. The van der Waals surface area contributed by atoms with Crippen molar-refractivity contribution < 1.29 is 13.6 Å². The van der Waals surface area contributed by atoms with Crippen molar-refractivity contribution in [3.63, 3.8) is 0 Å². The number of anilines is 1. The fourth-order valence-electron chi connectivity index (χ4n) is 2.32. The fourth-order valence-corrected chi connectivity index (χ4v) is 2.32. The third kappa shape index (κ3) is 1.96. The summed E-state index contributed by atoms with van der Waals surface area (Å²) in [6, 6.07) is 5.81. The van der Waals surface area contributed by atoms with E-state index in [0.29, 0.717) is 23.0 Å². The second kappa shape index (κ2) is 4.66. The minimum atomic E-state index is -0.629. The largest absolute Gasteiger partial charge is 0.382 e. The highest BCUT2D eigenvalue weighted by atomic mass is 19.1. The number of nitrogens with two attached hydrogens (primary N) is 1. The molecule has 2 heterocycles. The van der Waals surface area contributed by atoms with Crippen molar-refractivity contribution in [2.45, 2.75) is 6.92 Å². The van der Waals surface area contributed by atoms with E-state index in [-0.39, 0.29) is 23.0 Å². The number of benzene rings is 1. The lowest BCUT2D eigenvalue weighted by Crippen LogP contribution is -1.98. The standard InChI is InChI=1S/C15H11F2N3O/c1-8-10(3-2-4-11(8)16)9-5-12(17)15-19-14(18)13(7-21)20(15)6-9/h2-7H,18H2,1H3. The first kappa shape index (κ1) is 13.2. The van der Waals surface area contributed by atoms with Crippen LogP contribution in [0.15, 0.2) is 30.5 Å². The normalized spacial score (nSPS) is 11.0. The molecule has 0 saturated carbocycles. The molecule has 0 aliphatic heterocycles. The molecule has 0 aliphatic rings. The first-order valence-electron chi connectivity index (χ1n) is 6.20. The van der Waals surface area contributed by atoms with E-state index in [4.69, 9.17) is 5.73 Å². The molecular weight excluding hydrogens is 276 g/mol. The van der Waals surface area contributed by atoms with Crippen molar-refractivity contribution in [2.24, 2.45) is 0 Å². The Morgan fingerprint density at radius 2 is 2.05 bits per heavy atom. The Kier molecular flexibility index (Phi) is 2.94. The summed E-state index contributed by atoms with van der Waals surface area (Å²) in [6.45, 7) is 1.61. The molecule has 0 atom stereocenters. The predicted molar refractivity (Wildman–Crippen MR) is 75.1 cm³/mol. The van der Waals surface area contributed by atoms with Crippen molar-refractivity contribution in [3.05, 3.63) is 53.4 Å². The molecule has 21 heavy (non-hydrogen) atoms. The molecular formula is C15H11F2N3O. The number of rotatable bonds is 2. The van der Waals surface area contributed by atoms with Crippen molar-refractivity contribution in [1.29, 1.82) is 0 Å². The van der Waals surface area contributed by atoms with Crippen molar-refractivity contribution in [1.82, 2.24) is 9.38 Å². The van der Waals surface area contributed by atoms with Crippen LogP contribution in [0.3, 0.4) is 0 Å². The molecule has 2 aromatic heterocycles. The van der Waals surface area contributed by atoms with Crippen LogP contribution >= 0.6 is 0 Å². The second-order valence-corrected chi connectivity index (χ2v) is 4.68. The zero-order valence-corrected chi connectivity index (χ0v) is 11.1. The maximum Gasteiger partial charge on any atom is 0.176 e. The van der Waals surface area contributed by atoms with Gasteiger partial charge in [-0.25, -0.2) is 13.8 Å². The molecule has 106 valence electrons. The van der Waals surface area contributed by atoms with Gasteiger partial charge in [-0.2, -0.15) is 0 Å². The van der Waals surface area contributed by atoms with Gasteiger partial charge < -0.3 is 5.73 Å². The highest BCUT2D eigenvalue weighted by Gasteiger charge is 2.15. The number of carbonyl (C=O) groups excluding carboxylic acids is 1. The maximum absolute atomic E-state index is 14.1. The maximum atomic E-state index is 14.1. The molecule has 0 unspecified atom stereocenters. The number of hydrogen-bond donors (Lipinski definition) is 1. The van der Waals surface area contributed by atoms with Crippen LogP contribution in [-0.2, 0) is 0 Å². The van der Waals surface area contributed by atoms with Crippen LogP contribution in [0.25, 0.3) is 16.8 Å². The number of carbonyl (C=O) groups is 1. The van der Waals surface area contributed by atoms with E-state index in [0.717, 1.165) is 0 Å².